The molecule has 1 N–H and O–H groups in total. The van der Waals surface area contributed by atoms with Gasteiger partial charge < -0.3 is 10.1 Å². The van der Waals surface area contributed by atoms with Crippen molar-refractivity contribution in [3.8, 4) is 0 Å². The van der Waals surface area contributed by atoms with E-state index in [2.05, 4.69) is 5.32 Å². The van der Waals surface area contributed by atoms with Crippen LogP contribution in [0.1, 0.15) is 19.3 Å². The van der Waals surface area contributed by atoms with Gasteiger partial charge in [0.25, 0.3) is 0 Å². The minimum absolute atomic E-state index is 0.00571. The second-order valence-corrected chi connectivity index (χ2v) is 3.73. The van der Waals surface area contributed by atoms with E-state index in [1.807, 2.05) is 0 Å². The molecule has 2 aliphatic rings. The van der Waals surface area contributed by atoms with Crippen LogP contribution < -0.4 is 5.32 Å². The lowest BCUT2D eigenvalue weighted by atomic mass is 9.78. The van der Waals surface area contributed by atoms with Crippen molar-refractivity contribution in [2.24, 2.45) is 5.92 Å². The molecule has 12 heavy (non-hydrogen) atoms. The van der Waals surface area contributed by atoms with Gasteiger partial charge in [-0.15, -0.1) is 0 Å². The van der Waals surface area contributed by atoms with E-state index < -0.39 is 0 Å². The molecule has 3 nitrogen and oxygen atoms in total. The molecule has 2 rings (SSSR count). The normalized spacial score (nSPS) is 39.2. The van der Waals surface area contributed by atoms with Gasteiger partial charge in [-0.05, 0) is 31.7 Å². The Labute approximate surface area is 73.1 Å². The molecule has 3 unspecified atom stereocenters. The zero-order valence-electron chi connectivity index (χ0n) is 7.29. The number of hydrogen-bond donors (Lipinski definition) is 1. The summed E-state index contributed by atoms with van der Waals surface area (Å²) in [5.41, 5.74) is 0. The third-order valence-corrected chi connectivity index (χ3v) is 2.96. The Bertz CT molecular complexity index is 151. The molecule has 0 aromatic rings. The summed E-state index contributed by atoms with van der Waals surface area (Å²) < 4.78 is 5.57. The van der Waals surface area contributed by atoms with E-state index in [9.17, 15) is 5.11 Å². The first-order valence-electron chi connectivity index (χ1n) is 4.85. The third kappa shape index (κ3) is 1.49. The van der Waals surface area contributed by atoms with Crippen molar-refractivity contribution < 1.29 is 9.84 Å². The maximum absolute atomic E-state index is 10.1. The summed E-state index contributed by atoms with van der Waals surface area (Å²) in [4.78, 5) is 0. The standard InChI is InChI=1S/C9H16NO2/c11-4-1-5-12-8-6-7-2-3-10-9(7)8/h7-10H,1-6H2. The van der Waals surface area contributed by atoms with Crippen LogP contribution in [-0.4, -0.2) is 31.9 Å². The molecule has 0 aromatic carbocycles. The molecule has 1 heterocycles. The summed E-state index contributed by atoms with van der Waals surface area (Å²) in [5.74, 6) is 0.863. The van der Waals surface area contributed by atoms with Gasteiger partial charge in [0.2, 0.25) is 0 Å². The van der Waals surface area contributed by atoms with Gasteiger partial charge in [0.1, 0.15) is 0 Å². The maximum Gasteiger partial charge on any atom is 0.0844 e. The van der Waals surface area contributed by atoms with E-state index >= 15 is 0 Å². The van der Waals surface area contributed by atoms with Crippen molar-refractivity contribution in [1.29, 1.82) is 0 Å². The zero-order valence-corrected chi connectivity index (χ0v) is 7.29. The number of ether oxygens (including phenoxy) is 1. The Kier molecular flexibility index (Phi) is 2.63. The molecular weight excluding hydrogens is 154 g/mol. The van der Waals surface area contributed by atoms with Crippen LogP contribution >= 0.6 is 0 Å². The number of hydrogen-bond acceptors (Lipinski definition) is 2. The summed E-state index contributed by atoms with van der Waals surface area (Å²) in [7, 11) is 0. The minimum atomic E-state index is -0.00571. The molecule has 3 atom stereocenters. The van der Waals surface area contributed by atoms with Gasteiger partial charge >= 0.3 is 0 Å². The summed E-state index contributed by atoms with van der Waals surface area (Å²) in [6, 6.07) is 0.608. The first-order chi connectivity index (χ1) is 5.92. The highest BCUT2D eigenvalue weighted by Crippen LogP contribution is 2.36. The van der Waals surface area contributed by atoms with E-state index in [-0.39, 0.29) is 6.61 Å². The second-order valence-electron chi connectivity index (χ2n) is 3.73. The lowest BCUT2D eigenvalue weighted by molar-refractivity contribution is -0.0514. The summed E-state index contributed by atoms with van der Waals surface area (Å²) in [6.45, 7) is 1.80. The van der Waals surface area contributed by atoms with Gasteiger partial charge in [-0.2, -0.15) is 0 Å². The van der Waals surface area contributed by atoms with Crippen LogP contribution in [0.15, 0.2) is 0 Å². The summed E-state index contributed by atoms with van der Waals surface area (Å²) in [6.07, 6.45) is 3.58. The molecule has 1 aliphatic heterocycles. The van der Waals surface area contributed by atoms with Crippen LogP contribution in [-0.2, 0) is 9.84 Å². The lowest BCUT2D eigenvalue weighted by Gasteiger charge is -2.39. The molecule has 2 fully saturated rings. The fraction of sp³-hybridized carbons (Fsp3) is 1.00. The van der Waals surface area contributed by atoms with E-state index in [4.69, 9.17) is 4.74 Å². The van der Waals surface area contributed by atoms with E-state index in [0.717, 1.165) is 12.5 Å². The topological polar surface area (TPSA) is 41.2 Å². The fourth-order valence-corrected chi connectivity index (χ4v) is 2.20. The Morgan fingerprint density at radius 1 is 1.50 bits per heavy atom. The number of fused-ring (bicyclic) bond motifs is 1. The Hall–Kier alpha value is -0.120. The first kappa shape index (κ1) is 8.48. The van der Waals surface area contributed by atoms with Crippen LogP contribution in [0.25, 0.3) is 0 Å². The maximum atomic E-state index is 10.1. The largest absolute Gasteiger partial charge is 0.376 e. The van der Waals surface area contributed by atoms with Crippen LogP contribution in [0, 0.1) is 5.92 Å². The van der Waals surface area contributed by atoms with Crippen molar-refractivity contribution in [1.82, 2.24) is 5.32 Å². The van der Waals surface area contributed by atoms with Gasteiger partial charge in [-0.1, -0.05) is 0 Å². The molecule has 3 heteroatoms. The van der Waals surface area contributed by atoms with Crippen molar-refractivity contribution >= 4 is 0 Å². The fourth-order valence-electron chi connectivity index (χ4n) is 2.20. The molecular formula is C9H16NO2. The van der Waals surface area contributed by atoms with E-state index in [0.29, 0.717) is 25.2 Å². The van der Waals surface area contributed by atoms with Gasteiger partial charge in [-0.3, -0.25) is 0 Å². The SMILES string of the molecule is [O]CCCOC1CC2CCNC21. The first-order valence-corrected chi connectivity index (χ1v) is 4.85. The number of nitrogens with one attached hydrogen (secondary N) is 1. The second kappa shape index (κ2) is 3.73. The molecule has 1 aliphatic carbocycles. The number of rotatable bonds is 4. The van der Waals surface area contributed by atoms with Crippen molar-refractivity contribution in [3.63, 3.8) is 0 Å². The molecule has 1 radical (unpaired) electrons. The highest BCUT2D eigenvalue weighted by atomic mass is 16.5. The van der Waals surface area contributed by atoms with Crippen molar-refractivity contribution in [3.05, 3.63) is 0 Å². The zero-order chi connectivity index (χ0) is 8.39. The van der Waals surface area contributed by atoms with Crippen LogP contribution in [0.2, 0.25) is 0 Å². The Balaban J connectivity index is 1.64. The van der Waals surface area contributed by atoms with Gasteiger partial charge in [0.05, 0.1) is 12.7 Å². The van der Waals surface area contributed by atoms with Crippen LogP contribution in [0.3, 0.4) is 0 Å². The monoisotopic (exact) mass is 170 g/mol. The van der Waals surface area contributed by atoms with E-state index in [1.165, 1.54) is 12.8 Å². The lowest BCUT2D eigenvalue weighted by Crippen LogP contribution is -2.51. The molecule has 0 aromatic heterocycles. The van der Waals surface area contributed by atoms with Gasteiger partial charge in [0, 0.05) is 12.6 Å². The molecule has 1 saturated carbocycles. The highest BCUT2D eigenvalue weighted by molar-refractivity contribution is 5.00. The van der Waals surface area contributed by atoms with Gasteiger partial charge in [0.15, 0.2) is 0 Å². The molecule has 0 amide bonds. The van der Waals surface area contributed by atoms with E-state index in [1.54, 1.807) is 0 Å². The summed E-state index contributed by atoms with van der Waals surface area (Å²) in [5, 5.41) is 13.6. The van der Waals surface area contributed by atoms with Crippen LogP contribution in [0.4, 0.5) is 0 Å². The quantitative estimate of drug-likeness (QED) is 0.627. The highest BCUT2D eigenvalue weighted by Gasteiger charge is 2.44. The smallest absolute Gasteiger partial charge is 0.0844 e. The van der Waals surface area contributed by atoms with Crippen molar-refractivity contribution in [2.75, 3.05) is 19.8 Å². The third-order valence-electron chi connectivity index (χ3n) is 2.96. The Morgan fingerprint density at radius 2 is 2.42 bits per heavy atom. The van der Waals surface area contributed by atoms with Crippen LogP contribution in [0.5, 0.6) is 0 Å². The average molecular weight is 170 g/mol. The Morgan fingerprint density at radius 3 is 3.17 bits per heavy atom. The predicted molar refractivity (Wildman–Crippen MR) is 44.4 cm³/mol. The minimum Gasteiger partial charge on any atom is -0.376 e. The molecule has 0 bridgehead atoms. The predicted octanol–water partition coefficient (Wildman–Crippen LogP) is 0.574. The molecule has 1 saturated heterocycles. The average Bonchev–Trinajstić information content (AvgIpc) is 2.41. The molecule has 69 valence electrons. The molecule has 0 spiro atoms. The van der Waals surface area contributed by atoms with Gasteiger partial charge in [-0.25, -0.2) is 5.11 Å². The van der Waals surface area contributed by atoms with Crippen molar-refractivity contribution in [2.45, 2.75) is 31.4 Å². The summed E-state index contributed by atoms with van der Waals surface area (Å²) >= 11 is 0.